The molecule has 0 radical (unpaired) electrons. The van der Waals surface area contributed by atoms with Crippen LogP contribution < -0.4 is 5.32 Å². The van der Waals surface area contributed by atoms with Crippen LogP contribution >= 0.6 is 0 Å². The van der Waals surface area contributed by atoms with Crippen LogP contribution in [0.5, 0.6) is 0 Å². The highest BCUT2D eigenvalue weighted by molar-refractivity contribution is 7.89. The van der Waals surface area contributed by atoms with Gasteiger partial charge in [-0.15, -0.1) is 0 Å². The molecule has 0 bridgehead atoms. The summed E-state index contributed by atoms with van der Waals surface area (Å²) < 4.78 is 26.6. The van der Waals surface area contributed by atoms with Crippen molar-refractivity contribution < 1.29 is 8.42 Å². The summed E-state index contributed by atoms with van der Waals surface area (Å²) in [5.74, 6) is 0. The lowest BCUT2D eigenvalue weighted by molar-refractivity contribution is 0.353. The number of sulfonamides is 1. The minimum absolute atomic E-state index is 0.0818. The van der Waals surface area contributed by atoms with Crippen molar-refractivity contribution in [3.8, 4) is 0 Å². The first-order chi connectivity index (χ1) is 8.45. The number of nitrogens with one attached hydrogen (secondary N) is 1. The van der Waals surface area contributed by atoms with E-state index in [1.54, 1.807) is 19.2 Å². The molecule has 0 aliphatic rings. The van der Waals surface area contributed by atoms with Crippen molar-refractivity contribution in [3.63, 3.8) is 0 Å². The summed E-state index contributed by atoms with van der Waals surface area (Å²) in [5, 5.41) is 2.96. The van der Waals surface area contributed by atoms with Gasteiger partial charge < -0.3 is 5.32 Å². The Morgan fingerprint density at radius 3 is 2.61 bits per heavy atom. The first-order valence-corrected chi connectivity index (χ1v) is 7.53. The van der Waals surface area contributed by atoms with Crippen LogP contribution in [-0.4, -0.2) is 37.3 Å². The van der Waals surface area contributed by atoms with E-state index in [2.05, 4.69) is 10.3 Å². The highest BCUT2D eigenvalue weighted by Crippen LogP contribution is 2.23. The van der Waals surface area contributed by atoms with Crippen molar-refractivity contribution in [2.45, 2.75) is 38.3 Å². The minimum atomic E-state index is -3.55. The quantitative estimate of drug-likeness (QED) is 0.859. The van der Waals surface area contributed by atoms with E-state index < -0.39 is 10.0 Å². The van der Waals surface area contributed by atoms with Crippen LogP contribution in [0.25, 0.3) is 0 Å². The minimum Gasteiger partial charge on any atom is -0.386 e. The maximum atomic E-state index is 12.6. The van der Waals surface area contributed by atoms with Crippen LogP contribution in [0.15, 0.2) is 23.4 Å². The average Bonchev–Trinajstić information content (AvgIpc) is 2.35. The normalized spacial score (nSPS) is 12.1. The van der Waals surface area contributed by atoms with Crippen molar-refractivity contribution in [1.82, 2.24) is 9.29 Å². The van der Waals surface area contributed by atoms with E-state index in [9.17, 15) is 8.42 Å². The van der Waals surface area contributed by atoms with E-state index in [0.29, 0.717) is 12.2 Å². The molecule has 1 heterocycles. The molecule has 5 nitrogen and oxygen atoms in total. The molecule has 18 heavy (non-hydrogen) atoms. The first-order valence-electron chi connectivity index (χ1n) is 6.09. The van der Waals surface area contributed by atoms with Crippen LogP contribution in [0, 0.1) is 0 Å². The Kier molecular flexibility index (Phi) is 5.10. The molecule has 0 fully saturated rings. The predicted octanol–water partition coefficient (Wildman–Crippen LogP) is 1.93. The van der Waals surface area contributed by atoms with Crippen molar-refractivity contribution in [3.05, 3.63) is 18.3 Å². The van der Waals surface area contributed by atoms with Crippen LogP contribution in [0.4, 0.5) is 5.69 Å². The Hall–Kier alpha value is -1.14. The molecule has 1 rings (SSSR count). The van der Waals surface area contributed by atoms with Gasteiger partial charge in [-0.05, 0) is 32.4 Å². The van der Waals surface area contributed by atoms with Gasteiger partial charge in [0.25, 0.3) is 10.0 Å². The fourth-order valence-corrected chi connectivity index (χ4v) is 3.62. The molecule has 0 saturated carbocycles. The smallest absolute Gasteiger partial charge is 0.262 e. The predicted molar refractivity (Wildman–Crippen MR) is 73.1 cm³/mol. The number of aromatic nitrogens is 1. The van der Waals surface area contributed by atoms with Gasteiger partial charge in [-0.25, -0.2) is 13.4 Å². The Labute approximate surface area is 109 Å². The second kappa shape index (κ2) is 6.15. The first kappa shape index (κ1) is 14.9. The third-order valence-electron chi connectivity index (χ3n) is 2.61. The molecule has 102 valence electrons. The third-order valence-corrected chi connectivity index (χ3v) is 4.65. The van der Waals surface area contributed by atoms with Gasteiger partial charge >= 0.3 is 0 Å². The highest BCUT2D eigenvalue weighted by Gasteiger charge is 2.29. The molecular formula is C12H21N3O2S. The molecule has 0 atom stereocenters. The molecule has 0 spiro atoms. The van der Waals surface area contributed by atoms with Gasteiger partial charge in [-0.3, -0.25) is 0 Å². The van der Waals surface area contributed by atoms with E-state index in [1.165, 1.54) is 10.5 Å². The Bertz CT molecular complexity index is 486. The zero-order valence-corrected chi connectivity index (χ0v) is 12.2. The number of hydrogen-bond donors (Lipinski definition) is 1. The second-order valence-electron chi connectivity index (χ2n) is 4.32. The Morgan fingerprint density at radius 1 is 1.44 bits per heavy atom. The van der Waals surface area contributed by atoms with Gasteiger partial charge in [0.2, 0.25) is 0 Å². The summed E-state index contributed by atoms with van der Waals surface area (Å²) >= 11 is 0. The fourth-order valence-electron chi connectivity index (χ4n) is 1.77. The zero-order valence-electron chi connectivity index (χ0n) is 11.3. The molecule has 0 saturated heterocycles. The van der Waals surface area contributed by atoms with E-state index in [0.717, 1.165) is 6.42 Å². The molecule has 6 heteroatoms. The third kappa shape index (κ3) is 3.00. The van der Waals surface area contributed by atoms with Crippen molar-refractivity contribution in [2.24, 2.45) is 0 Å². The van der Waals surface area contributed by atoms with E-state index in [1.807, 2.05) is 20.8 Å². The molecule has 0 aliphatic heterocycles. The molecule has 0 unspecified atom stereocenters. The Balaban J connectivity index is 3.26. The zero-order chi connectivity index (χ0) is 13.8. The van der Waals surface area contributed by atoms with Gasteiger partial charge in [0.15, 0.2) is 5.03 Å². The molecule has 1 N–H and O–H groups in total. The summed E-state index contributed by atoms with van der Waals surface area (Å²) in [5.41, 5.74) is 0.527. The van der Waals surface area contributed by atoms with E-state index >= 15 is 0 Å². The number of rotatable bonds is 6. The summed E-state index contributed by atoms with van der Waals surface area (Å²) in [4.78, 5) is 4.01. The fraction of sp³-hybridized carbons (Fsp3) is 0.583. The van der Waals surface area contributed by atoms with Gasteiger partial charge in [0, 0.05) is 25.8 Å². The molecule has 0 aromatic carbocycles. The average molecular weight is 271 g/mol. The van der Waals surface area contributed by atoms with Crippen LogP contribution in [0.1, 0.15) is 27.2 Å². The maximum absolute atomic E-state index is 12.6. The highest BCUT2D eigenvalue weighted by atomic mass is 32.2. The van der Waals surface area contributed by atoms with Crippen LogP contribution in [0.3, 0.4) is 0 Å². The number of pyridine rings is 1. The SMILES string of the molecule is CCCN(C(C)C)S(=O)(=O)c1ncccc1NC. The van der Waals surface area contributed by atoms with Gasteiger partial charge in [0.1, 0.15) is 0 Å². The monoisotopic (exact) mass is 271 g/mol. The molecule has 1 aromatic rings. The van der Waals surface area contributed by atoms with Gasteiger partial charge in [-0.2, -0.15) is 4.31 Å². The lowest BCUT2D eigenvalue weighted by atomic mass is 10.4. The Morgan fingerprint density at radius 2 is 2.11 bits per heavy atom. The molecule has 0 aliphatic carbocycles. The lowest BCUT2D eigenvalue weighted by Crippen LogP contribution is -2.38. The lowest BCUT2D eigenvalue weighted by Gasteiger charge is -2.25. The van der Waals surface area contributed by atoms with E-state index in [4.69, 9.17) is 0 Å². The molecule has 0 amide bonds. The molecular weight excluding hydrogens is 250 g/mol. The summed E-state index contributed by atoms with van der Waals surface area (Å²) in [6.07, 6.45) is 2.28. The topological polar surface area (TPSA) is 62.3 Å². The van der Waals surface area contributed by atoms with Gasteiger partial charge in [0.05, 0.1) is 5.69 Å². The number of anilines is 1. The van der Waals surface area contributed by atoms with Crippen LogP contribution in [-0.2, 0) is 10.0 Å². The van der Waals surface area contributed by atoms with Crippen molar-refractivity contribution in [1.29, 1.82) is 0 Å². The van der Waals surface area contributed by atoms with Crippen molar-refractivity contribution in [2.75, 3.05) is 18.9 Å². The summed E-state index contributed by atoms with van der Waals surface area (Å²) in [6, 6.07) is 3.34. The van der Waals surface area contributed by atoms with Crippen LogP contribution in [0.2, 0.25) is 0 Å². The number of nitrogens with zero attached hydrogens (tertiary/aromatic N) is 2. The number of hydrogen-bond acceptors (Lipinski definition) is 4. The summed E-state index contributed by atoms with van der Waals surface area (Å²) in [7, 11) is -1.86. The second-order valence-corrected chi connectivity index (χ2v) is 6.12. The summed E-state index contributed by atoms with van der Waals surface area (Å²) in [6.45, 7) is 6.20. The molecule has 1 aromatic heterocycles. The largest absolute Gasteiger partial charge is 0.386 e. The van der Waals surface area contributed by atoms with E-state index in [-0.39, 0.29) is 11.1 Å². The maximum Gasteiger partial charge on any atom is 0.262 e. The standard InChI is InChI=1S/C12H21N3O2S/c1-5-9-15(10(2)3)18(16,17)12-11(13-4)7-6-8-14-12/h6-8,10,13H,5,9H2,1-4H3. The van der Waals surface area contributed by atoms with Gasteiger partial charge in [-0.1, -0.05) is 6.92 Å². The van der Waals surface area contributed by atoms with Crippen molar-refractivity contribution >= 4 is 15.7 Å².